The maximum atomic E-state index is 11.5. The molecule has 17 heavy (non-hydrogen) atoms. The largest absolute Gasteiger partial charge is 0.358 e. The van der Waals surface area contributed by atoms with Crippen molar-refractivity contribution < 1.29 is 13.2 Å². The predicted molar refractivity (Wildman–Crippen MR) is 65.4 cm³/mol. The number of carbonyl (C=O) groups excluding carboxylic acids is 1. The van der Waals surface area contributed by atoms with E-state index in [9.17, 15) is 13.2 Å². The quantitative estimate of drug-likeness (QED) is 0.801. The lowest BCUT2D eigenvalue weighted by Crippen LogP contribution is -2.33. The van der Waals surface area contributed by atoms with Crippen LogP contribution in [-0.4, -0.2) is 34.7 Å². The summed E-state index contributed by atoms with van der Waals surface area (Å²) >= 11 is 0. The Balaban J connectivity index is 3.05. The summed E-state index contributed by atoms with van der Waals surface area (Å²) in [4.78, 5) is 11.8. The van der Waals surface area contributed by atoms with Crippen molar-refractivity contribution in [2.24, 2.45) is 0 Å². The molecule has 1 aromatic rings. The van der Waals surface area contributed by atoms with E-state index in [1.807, 2.05) is 0 Å². The lowest BCUT2D eigenvalue weighted by atomic mass is 10.1. The van der Waals surface area contributed by atoms with Gasteiger partial charge in [-0.25, -0.2) is 8.42 Å². The molecule has 0 spiro atoms. The van der Waals surface area contributed by atoms with Gasteiger partial charge in [-0.3, -0.25) is 4.79 Å². The second-order valence-corrected chi connectivity index (χ2v) is 5.69. The van der Waals surface area contributed by atoms with Gasteiger partial charge >= 0.3 is 0 Å². The number of amides is 1. The fourth-order valence-corrected chi connectivity index (χ4v) is 2.13. The Kier molecular flexibility index (Phi) is 4.25. The second kappa shape index (κ2) is 5.29. The highest BCUT2D eigenvalue weighted by Crippen LogP contribution is 2.16. The highest BCUT2D eigenvalue weighted by molar-refractivity contribution is 7.90. The third kappa shape index (κ3) is 3.28. The Bertz CT molecular complexity index is 494. The molecule has 1 aromatic carbocycles. The molecule has 0 heterocycles. The van der Waals surface area contributed by atoms with E-state index in [4.69, 9.17) is 0 Å². The molecule has 0 aliphatic heterocycles. The highest BCUT2D eigenvalue weighted by atomic mass is 32.2. The van der Waals surface area contributed by atoms with Crippen LogP contribution in [0.2, 0.25) is 0 Å². The van der Waals surface area contributed by atoms with Crippen molar-refractivity contribution in [2.75, 3.05) is 20.4 Å². The Morgan fingerprint density at radius 1 is 1.18 bits per heavy atom. The summed E-state index contributed by atoms with van der Waals surface area (Å²) in [6.45, 7) is 0. The van der Waals surface area contributed by atoms with Crippen LogP contribution >= 0.6 is 0 Å². The summed E-state index contributed by atoms with van der Waals surface area (Å²) in [6.07, 6.45) is 1.15. The van der Waals surface area contributed by atoms with Crippen LogP contribution in [0.15, 0.2) is 29.2 Å². The number of likely N-dealkylation sites (N-methyl/N-ethyl adjacent to an activating group) is 2. The second-order valence-electron chi connectivity index (χ2n) is 3.68. The van der Waals surface area contributed by atoms with Crippen LogP contribution in [0.3, 0.4) is 0 Å². The van der Waals surface area contributed by atoms with Gasteiger partial charge in [-0.1, -0.05) is 12.1 Å². The standard InChI is InChI=1S/C11H16N2O3S/c1-12-10(11(14)13-2)8-4-6-9(7-5-8)17(3,15)16/h4-7,10,12H,1-3H3,(H,13,14). The summed E-state index contributed by atoms with van der Waals surface area (Å²) in [5.41, 5.74) is 0.722. The first-order valence-corrected chi connectivity index (χ1v) is 6.98. The lowest BCUT2D eigenvalue weighted by molar-refractivity contribution is -0.122. The van der Waals surface area contributed by atoms with Crippen molar-refractivity contribution in [1.29, 1.82) is 0 Å². The molecule has 5 nitrogen and oxygen atoms in total. The fraction of sp³-hybridized carbons (Fsp3) is 0.364. The molecule has 0 aliphatic rings. The molecule has 1 amide bonds. The van der Waals surface area contributed by atoms with E-state index in [-0.39, 0.29) is 10.8 Å². The zero-order valence-electron chi connectivity index (χ0n) is 10.0. The maximum absolute atomic E-state index is 11.5. The van der Waals surface area contributed by atoms with Crippen molar-refractivity contribution in [3.63, 3.8) is 0 Å². The fourth-order valence-electron chi connectivity index (χ4n) is 1.50. The molecule has 0 aliphatic carbocycles. The normalized spacial score (nSPS) is 13.1. The summed E-state index contributed by atoms with van der Waals surface area (Å²) in [6, 6.07) is 5.78. The summed E-state index contributed by atoms with van der Waals surface area (Å²) < 4.78 is 22.6. The van der Waals surface area contributed by atoms with Gasteiger partial charge in [0.05, 0.1) is 4.90 Å². The zero-order valence-corrected chi connectivity index (χ0v) is 10.8. The van der Waals surface area contributed by atoms with Crippen molar-refractivity contribution >= 4 is 15.7 Å². The van der Waals surface area contributed by atoms with E-state index >= 15 is 0 Å². The number of sulfone groups is 1. The molecule has 0 saturated carbocycles. The van der Waals surface area contributed by atoms with Crippen LogP contribution < -0.4 is 10.6 Å². The molecule has 1 unspecified atom stereocenters. The van der Waals surface area contributed by atoms with Gasteiger partial charge in [-0.15, -0.1) is 0 Å². The minimum atomic E-state index is -3.20. The topological polar surface area (TPSA) is 75.3 Å². The summed E-state index contributed by atoms with van der Waals surface area (Å²) in [5.74, 6) is -0.167. The Labute approximate surface area is 101 Å². The molecule has 1 atom stereocenters. The van der Waals surface area contributed by atoms with Crippen LogP contribution in [0.1, 0.15) is 11.6 Å². The van der Waals surface area contributed by atoms with Gasteiger partial charge < -0.3 is 10.6 Å². The van der Waals surface area contributed by atoms with Crippen molar-refractivity contribution in [3.8, 4) is 0 Å². The summed E-state index contributed by atoms with van der Waals surface area (Å²) in [7, 11) is 0.0254. The van der Waals surface area contributed by atoms with Gasteiger partial charge in [0.2, 0.25) is 5.91 Å². The zero-order chi connectivity index (χ0) is 13.1. The number of hydrogen-bond acceptors (Lipinski definition) is 4. The van der Waals surface area contributed by atoms with E-state index in [1.54, 1.807) is 26.2 Å². The van der Waals surface area contributed by atoms with Crippen molar-refractivity contribution in [3.05, 3.63) is 29.8 Å². The van der Waals surface area contributed by atoms with Crippen LogP contribution in [0, 0.1) is 0 Å². The number of carbonyl (C=O) groups is 1. The first-order valence-electron chi connectivity index (χ1n) is 5.09. The van der Waals surface area contributed by atoms with E-state index in [2.05, 4.69) is 10.6 Å². The summed E-state index contributed by atoms with van der Waals surface area (Å²) in [5, 5.41) is 5.41. The molecule has 0 aromatic heterocycles. The molecule has 0 bridgehead atoms. The highest BCUT2D eigenvalue weighted by Gasteiger charge is 2.17. The van der Waals surface area contributed by atoms with E-state index in [1.165, 1.54) is 12.1 Å². The van der Waals surface area contributed by atoms with Crippen LogP contribution in [0.25, 0.3) is 0 Å². The van der Waals surface area contributed by atoms with Crippen molar-refractivity contribution in [1.82, 2.24) is 10.6 Å². The predicted octanol–water partition coefficient (Wildman–Crippen LogP) is 0.0966. The number of nitrogens with one attached hydrogen (secondary N) is 2. The van der Waals surface area contributed by atoms with E-state index in [0.717, 1.165) is 11.8 Å². The molecular weight excluding hydrogens is 240 g/mol. The molecule has 6 heteroatoms. The smallest absolute Gasteiger partial charge is 0.241 e. The van der Waals surface area contributed by atoms with Gasteiger partial charge in [0.25, 0.3) is 0 Å². The monoisotopic (exact) mass is 256 g/mol. The maximum Gasteiger partial charge on any atom is 0.241 e. The van der Waals surface area contributed by atoms with E-state index in [0.29, 0.717) is 0 Å². The third-order valence-corrected chi connectivity index (χ3v) is 3.57. The van der Waals surface area contributed by atoms with Crippen LogP contribution in [0.5, 0.6) is 0 Å². The first-order chi connectivity index (χ1) is 7.90. The van der Waals surface area contributed by atoms with Gasteiger partial charge in [0.15, 0.2) is 9.84 Å². The molecule has 0 fully saturated rings. The Hall–Kier alpha value is -1.40. The SMILES string of the molecule is CNC(=O)C(NC)c1ccc(S(C)(=O)=O)cc1. The van der Waals surface area contributed by atoms with Gasteiger partial charge in [-0.2, -0.15) is 0 Å². The molecular formula is C11H16N2O3S. The Morgan fingerprint density at radius 3 is 2.06 bits per heavy atom. The van der Waals surface area contributed by atoms with E-state index < -0.39 is 15.9 Å². The average Bonchev–Trinajstić information content (AvgIpc) is 2.29. The third-order valence-electron chi connectivity index (χ3n) is 2.44. The minimum Gasteiger partial charge on any atom is -0.358 e. The van der Waals surface area contributed by atoms with Crippen LogP contribution in [0.4, 0.5) is 0 Å². The molecule has 0 saturated heterocycles. The van der Waals surface area contributed by atoms with Gasteiger partial charge in [-0.05, 0) is 24.7 Å². The molecule has 0 radical (unpaired) electrons. The van der Waals surface area contributed by atoms with Crippen LogP contribution in [-0.2, 0) is 14.6 Å². The number of rotatable bonds is 4. The number of hydrogen-bond donors (Lipinski definition) is 2. The number of benzene rings is 1. The average molecular weight is 256 g/mol. The molecule has 1 rings (SSSR count). The van der Waals surface area contributed by atoms with Gasteiger partial charge in [0, 0.05) is 13.3 Å². The van der Waals surface area contributed by atoms with Gasteiger partial charge in [0.1, 0.15) is 6.04 Å². The lowest BCUT2D eigenvalue weighted by Gasteiger charge is -2.15. The molecule has 2 N–H and O–H groups in total. The van der Waals surface area contributed by atoms with Crippen molar-refractivity contribution in [2.45, 2.75) is 10.9 Å². The Morgan fingerprint density at radius 2 is 1.71 bits per heavy atom. The minimum absolute atomic E-state index is 0.167. The molecule has 94 valence electrons. The first kappa shape index (κ1) is 13.7.